The van der Waals surface area contributed by atoms with Crippen LogP contribution in [0.4, 0.5) is 13.2 Å². The predicted octanol–water partition coefficient (Wildman–Crippen LogP) is 4.91. The van der Waals surface area contributed by atoms with Crippen LogP contribution in [0.3, 0.4) is 0 Å². The van der Waals surface area contributed by atoms with Crippen molar-refractivity contribution >= 4 is 5.91 Å². The molecule has 1 saturated carbocycles. The summed E-state index contributed by atoms with van der Waals surface area (Å²) in [6.45, 7) is 5.86. The minimum atomic E-state index is -4.40. The molecule has 196 valence electrons. The Morgan fingerprint density at radius 3 is 2.42 bits per heavy atom. The van der Waals surface area contributed by atoms with E-state index in [2.05, 4.69) is 5.32 Å². The minimum Gasteiger partial charge on any atom is -0.371 e. The predicted molar refractivity (Wildman–Crippen MR) is 126 cm³/mol. The lowest BCUT2D eigenvalue weighted by Gasteiger charge is -2.43. The maximum absolute atomic E-state index is 13.2. The summed E-state index contributed by atoms with van der Waals surface area (Å²) in [6, 6.07) is 12.7. The molecule has 4 rings (SSSR count). The van der Waals surface area contributed by atoms with Crippen LogP contribution in [0.5, 0.6) is 0 Å². The van der Waals surface area contributed by atoms with Crippen LogP contribution in [0.1, 0.15) is 48.9 Å². The van der Waals surface area contributed by atoms with Crippen molar-refractivity contribution in [1.29, 1.82) is 0 Å². The van der Waals surface area contributed by atoms with Crippen molar-refractivity contribution in [3.63, 3.8) is 0 Å². The number of nitrogens with one attached hydrogen (secondary N) is 1. The minimum absolute atomic E-state index is 0.0531. The van der Waals surface area contributed by atoms with Crippen LogP contribution in [0.25, 0.3) is 0 Å². The van der Waals surface area contributed by atoms with E-state index in [9.17, 15) is 18.0 Å². The second-order valence-corrected chi connectivity index (χ2v) is 9.94. The smallest absolute Gasteiger partial charge is 0.371 e. The van der Waals surface area contributed by atoms with Crippen LogP contribution in [0, 0.1) is 6.92 Å². The van der Waals surface area contributed by atoms with E-state index < -0.39 is 41.4 Å². The molecule has 1 amide bonds. The molecular weight excluding hydrogens is 475 g/mol. The van der Waals surface area contributed by atoms with Gasteiger partial charge in [0.1, 0.15) is 6.10 Å². The molecule has 0 bridgehead atoms. The van der Waals surface area contributed by atoms with Gasteiger partial charge in [0.15, 0.2) is 11.4 Å². The first-order valence-electron chi connectivity index (χ1n) is 12.0. The molecule has 9 heteroatoms. The zero-order valence-corrected chi connectivity index (χ0v) is 20.9. The van der Waals surface area contributed by atoms with E-state index in [4.69, 9.17) is 18.9 Å². The fourth-order valence-electron chi connectivity index (χ4n) is 4.95. The standard InChI is InChI=1S/C27H32F3NO5/c1-17-6-5-7-19(12-17)16-34-26(24(32)31-4)13-21(23-22(14-26)35-25(2,3)36-23)33-15-18-8-10-20(11-9-18)27(28,29)30/h5-12,21-23H,13-16H2,1-4H3,(H,31,32)/t21?,22-,23+,26-/m1/s1. The largest absolute Gasteiger partial charge is 0.416 e. The van der Waals surface area contributed by atoms with Crippen molar-refractivity contribution in [3.8, 4) is 0 Å². The molecule has 2 aliphatic rings. The highest BCUT2D eigenvalue weighted by molar-refractivity contribution is 5.85. The first kappa shape index (κ1) is 26.6. The topological polar surface area (TPSA) is 66.0 Å². The zero-order valence-electron chi connectivity index (χ0n) is 20.9. The Morgan fingerprint density at radius 1 is 1.06 bits per heavy atom. The monoisotopic (exact) mass is 507 g/mol. The Bertz CT molecular complexity index is 1070. The SMILES string of the molecule is CNC(=O)[C@@]1(OCc2cccc(C)c2)CC(OCc2ccc(C(F)(F)F)cc2)[C@@H]2OC(C)(C)O[C@@H]2C1. The second-order valence-electron chi connectivity index (χ2n) is 9.94. The summed E-state index contributed by atoms with van der Waals surface area (Å²) >= 11 is 0. The van der Waals surface area contributed by atoms with E-state index >= 15 is 0 Å². The van der Waals surface area contributed by atoms with E-state index in [1.807, 2.05) is 31.2 Å². The van der Waals surface area contributed by atoms with E-state index in [0.717, 1.165) is 23.3 Å². The first-order chi connectivity index (χ1) is 16.9. The van der Waals surface area contributed by atoms with Gasteiger partial charge in [-0.3, -0.25) is 4.79 Å². The van der Waals surface area contributed by atoms with Crippen molar-refractivity contribution < 1.29 is 36.9 Å². The van der Waals surface area contributed by atoms with Crippen LogP contribution in [0.15, 0.2) is 48.5 Å². The molecule has 0 radical (unpaired) electrons. The van der Waals surface area contributed by atoms with Crippen LogP contribution in [0.2, 0.25) is 0 Å². The maximum Gasteiger partial charge on any atom is 0.416 e. The first-order valence-corrected chi connectivity index (χ1v) is 12.0. The molecule has 2 fully saturated rings. The number of alkyl halides is 3. The molecule has 0 spiro atoms. The average Bonchev–Trinajstić information content (AvgIpc) is 3.14. The number of halogens is 3. The van der Waals surface area contributed by atoms with E-state index in [0.29, 0.717) is 5.56 Å². The lowest BCUT2D eigenvalue weighted by molar-refractivity contribution is -0.183. The molecule has 4 atom stereocenters. The zero-order chi connectivity index (χ0) is 26.1. The van der Waals surface area contributed by atoms with Crippen LogP contribution < -0.4 is 5.32 Å². The van der Waals surface area contributed by atoms with Gasteiger partial charge in [0.25, 0.3) is 5.91 Å². The highest BCUT2D eigenvalue weighted by Crippen LogP contribution is 2.44. The Balaban J connectivity index is 1.55. The number of benzene rings is 2. The van der Waals surface area contributed by atoms with Gasteiger partial charge in [-0.25, -0.2) is 0 Å². The van der Waals surface area contributed by atoms with Gasteiger partial charge in [-0.15, -0.1) is 0 Å². The highest BCUT2D eigenvalue weighted by atomic mass is 19.4. The van der Waals surface area contributed by atoms with Crippen LogP contribution in [-0.4, -0.2) is 42.7 Å². The van der Waals surface area contributed by atoms with Gasteiger partial charge in [-0.05, 0) is 44.0 Å². The number of fused-ring (bicyclic) bond motifs is 1. The van der Waals surface area contributed by atoms with Gasteiger partial charge in [0.05, 0.1) is 31.0 Å². The van der Waals surface area contributed by atoms with Crippen LogP contribution >= 0.6 is 0 Å². The molecular formula is C27H32F3NO5. The van der Waals surface area contributed by atoms with Gasteiger partial charge in [0, 0.05) is 19.9 Å². The van der Waals surface area contributed by atoms with Crippen molar-refractivity contribution in [2.45, 2.75) is 82.7 Å². The summed E-state index contributed by atoms with van der Waals surface area (Å²) in [5.74, 6) is -1.16. The molecule has 36 heavy (non-hydrogen) atoms. The fraction of sp³-hybridized carbons (Fsp3) is 0.519. The molecule has 1 aliphatic carbocycles. The highest BCUT2D eigenvalue weighted by Gasteiger charge is 2.57. The van der Waals surface area contributed by atoms with Gasteiger partial charge in [-0.1, -0.05) is 42.0 Å². The Hall–Kier alpha value is -2.46. The van der Waals surface area contributed by atoms with Crippen molar-refractivity contribution in [2.75, 3.05) is 7.05 Å². The summed E-state index contributed by atoms with van der Waals surface area (Å²) in [4.78, 5) is 13.2. The molecule has 2 aromatic carbocycles. The molecule has 6 nitrogen and oxygen atoms in total. The lowest BCUT2D eigenvalue weighted by Crippen LogP contribution is -2.59. The summed E-state index contributed by atoms with van der Waals surface area (Å²) in [5.41, 5.74) is 0.650. The third-order valence-electron chi connectivity index (χ3n) is 6.63. The number of amides is 1. The Labute approximate surface area is 209 Å². The quantitative estimate of drug-likeness (QED) is 0.577. The van der Waals surface area contributed by atoms with Gasteiger partial charge in [0.2, 0.25) is 0 Å². The summed E-state index contributed by atoms with van der Waals surface area (Å²) in [6.07, 6.45) is -5.40. The number of hydrogen-bond donors (Lipinski definition) is 1. The van der Waals surface area contributed by atoms with Gasteiger partial charge in [-0.2, -0.15) is 13.2 Å². The van der Waals surface area contributed by atoms with E-state index in [1.165, 1.54) is 12.1 Å². The number of aryl methyl sites for hydroxylation is 1. The number of ether oxygens (including phenoxy) is 4. The molecule has 1 N–H and O–H groups in total. The fourth-order valence-corrected chi connectivity index (χ4v) is 4.95. The molecule has 1 saturated heterocycles. The number of carbonyl (C=O) groups is 1. The molecule has 1 aliphatic heterocycles. The van der Waals surface area contributed by atoms with E-state index in [1.54, 1.807) is 20.9 Å². The Kier molecular flexibility index (Phi) is 7.48. The third-order valence-corrected chi connectivity index (χ3v) is 6.63. The second kappa shape index (κ2) is 10.1. The molecule has 1 heterocycles. The maximum atomic E-state index is 13.2. The van der Waals surface area contributed by atoms with Crippen molar-refractivity contribution in [1.82, 2.24) is 5.32 Å². The number of rotatable bonds is 7. The normalized spacial score (nSPS) is 27.5. The van der Waals surface area contributed by atoms with E-state index in [-0.39, 0.29) is 32.0 Å². The lowest BCUT2D eigenvalue weighted by atomic mass is 9.78. The van der Waals surface area contributed by atoms with Crippen molar-refractivity contribution in [2.24, 2.45) is 0 Å². The van der Waals surface area contributed by atoms with Crippen molar-refractivity contribution in [3.05, 3.63) is 70.8 Å². The summed E-state index contributed by atoms with van der Waals surface area (Å²) in [7, 11) is 1.56. The number of hydrogen-bond acceptors (Lipinski definition) is 5. The van der Waals surface area contributed by atoms with Crippen LogP contribution in [-0.2, 0) is 43.1 Å². The Morgan fingerprint density at radius 2 is 1.78 bits per heavy atom. The molecule has 2 aromatic rings. The van der Waals surface area contributed by atoms with Gasteiger partial charge >= 0.3 is 6.18 Å². The third kappa shape index (κ3) is 5.91. The number of carbonyl (C=O) groups excluding carboxylic acids is 1. The summed E-state index contributed by atoms with van der Waals surface area (Å²) < 4.78 is 63.5. The number of likely N-dealkylation sites (N-methyl/N-ethyl adjacent to an activating group) is 1. The summed E-state index contributed by atoms with van der Waals surface area (Å²) in [5, 5.41) is 2.72. The molecule has 0 aromatic heterocycles. The average molecular weight is 508 g/mol. The van der Waals surface area contributed by atoms with Gasteiger partial charge < -0.3 is 24.3 Å². The molecule has 1 unspecified atom stereocenters.